The SMILES string of the molecule is CNC[C@@H]1CCN(C(=O)c2ccc(-n3nc(C)cc3C)cc2)C1. The summed E-state index contributed by atoms with van der Waals surface area (Å²) in [4.78, 5) is 14.6. The van der Waals surface area contributed by atoms with E-state index in [4.69, 9.17) is 0 Å². The maximum Gasteiger partial charge on any atom is 0.253 e. The van der Waals surface area contributed by atoms with Gasteiger partial charge in [-0.1, -0.05) is 0 Å². The molecule has 23 heavy (non-hydrogen) atoms. The van der Waals surface area contributed by atoms with Crippen molar-refractivity contribution in [3.63, 3.8) is 0 Å². The lowest BCUT2D eigenvalue weighted by Crippen LogP contribution is -2.30. The fraction of sp³-hybridized carbons (Fsp3) is 0.444. The van der Waals surface area contributed by atoms with Gasteiger partial charge in [-0.2, -0.15) is 5.10 Å². The minimum atomic E-state index is 0.128. The smallest absolute Gasteiger partial charge is 0.253 e. The quantitative estimate of drug-likeness (QED) is 0.941. The highest BCUT2D eigenvalue weighted by Gasteiger charge is 2.26. The Morgan fingerprint density at radius 1 is 1.30 bits per heavy atom. The number of likely N-dealkylation sites (tertiary alicyclic amines) is 1. The number of nitrogens with one attached hydrogen (secondary N) is 1. The number of carbonyl (C=O) groups excluding carboxylic acids is 1. The van der Waals surface area contributed by atoms with E-state index in [9.17, 15) is 4.79 Å². The third-order valence-corrected chi connectivity index (χ3v) is 4.43. The van der Waals surface area contributed by atoms with Crippen molar-refractivity contribution in [2.24, 2.45) is 5.92 Å². The lowest BCUT2D eigenvalue weighted by Gasteiger charge is -2.17. The highest BCUT2D eigenvalue weighted by molar-refractivity contribution is 5.94. The predicted octanol–water partition coefficient (Wildman–Crippen LogP) is 2.17. The Kier molecular flexibility index (Phi) is 4.48. The number of aryl methyl sites for hydroxylation is 2. The van der Waals surface area contributed by atoms with Crippen LogP contribution in [0.25, 0.3) is 5.69 Å². The largest absolute Gasteiger partial charge is 0.338 e. The second kappa shape index (κ2) is 6.54. The molecule has 0 saturated carbocycles. The van der Waals surface area contributed by atoms with Gasteiger partial charge in [-0.15, -0.1) is 0 Å². The Morgan fingerprint density at radius 3 is 2.65 bits per heavy atom. The predicted molar refractivity (Wildman–Crippen MR) is 91.0 cm³/mol. The van der Waals surface area contributed by atoms with E-state index in [2.05, 4.69) is 10.4 Å². The van der Waals surface area contributed by atoms with Crippen LogP contribution in [0.2, 0.25) is 0 Å². The van der Waals surface area contributed by atoms with E-state index in [-0.39, 0.29) is 5.91 Å². The van der Waals surface area contributed by atoms with Crippen LogP contribution in [-0.2, 0) is 0 Å². The molecule has 1 N–H and O–H groups in total. The monoisotopic (exact) mass is 312 g/mol. The van der Waals surface area contributed by atoms with E-state index in [1.807, 2.05) is 60.8 Å². The number of benzene rings is 1. The molecule has 2 aromatic rings. The van der Waals surface area contributed by atoms with Crippen LogP contribution in [0, 0.1) is 19.8 Å². The number of aromatic nitrogens is 2. The number of hydrogen-bond donors (Lipinski definition) is 1. The number of carbonyl (C=O) groups is 1. The van der Waals surface area contributed by atoms with Gasteiger partial charge in [-0.25, -0.2) is 4.68 Å². The van der Waals surface area contributed by atoms with E-state index < -0.39 is 0 Å². The van der Waals surface area contributed by atoms with Crippen molar-refractivity contribution < 1.29 is 4.79 Å². The maximum atomic E-state index is 12.6. The molecule has 1 aromatic heterocycles. The van der Waals surface area contributed by atoms with Gasteiger partial charge in [0.1, 0.15) is 0 Å². The summed E-state index contributed by atoms with van der Waals surface area (Å²) in [5, 5.41) is 7.67. The number of hydrogen-bond acceptors (Lipinski definition) is 3. The fourth-order valence-corrected chi connectivity index (χ4v) is 3.29. The first kappa shape index (κ1) is 15.7. The Balaban J connectivity index is 1.72. The van der Waals surface area contributed by atoms with Crippen LogP contribution in [-0.4, -0.2) is 47.3 Å². The summed E-state index contributed by atoms with van der Waals surface area (Å²) in [6, 6.07) is 9.78. The van der Waals surface area contributed by atoms with Crippen LogP contribution in [0.15, 0.2) is 30.3 Å². The summed E-state index contributed by atoms with van der Waals surface area (Å²) >= 11 is 0. The lowest BCUT2D eigenvalue weighted by atomic mass is 10.1. The molecule has 1 saturated heterocycles. The molecule has 2 heterocycles. The maximum absolute atomic E-state index is 12.6. The van der Waals surface area contributed by atoms with Crippen LogP contribution >= 0.6 is 0 Å². The van der Waals surface area contributed by atoms with Crippen LogP contribution in [0.3, 0.4) is 0 Å². The van der Waals surface area contributed by atoms with Gasteiger partial charge in [0.05, 0.1) is 11.4 Å². The van der Waals surface area contributed by atoms with Gasteiger partial charge in [0.15, 0.2) is 0 Å². The molecule has 0 aliphatic carbocycles. The second-order valence-corrected chi connectivity index (χ2v) is 6.35. The molecule has 5 heteroatoms. The fourth-order valence-electron chi connectivity index (χ4n) is 3.29. The Hall–Kier alpha value is -2.14. The molecule has 1 aromatic carbocycles. The van der Waals surface area contributed by atoms with Gasteiger partial charge in [0.2, 0.25) is 0 Å². The molecule has 1 aliphatic heterocycles. The van der Waals surface area contributed by atoms with Gasteiger partial charge in [-0.3, -0.25) is 4.79 Å². The second-order valence-electron chi connectivity index (χ2n) is 6.35. The lowest BCUT2D eigenvalue weighted by molar-refractivity contribution is 0.0787. The Bertz CT molecular complexity index is 690. The zero-order valence-electron chi connectivity index (χ0n) is 14.0. The Morgan fingerprint density at radius 2 is 2.04 bits per heavy atom. The van der Waals surface area contributed by atoms with Crippen molar-refractivity contribution in [3.8, 4) is 5.69 Å². The normalized spacial score (nSPS) is 17.7. The molecule has 3 rings (SSSR count). The summed E-state index contributed by atoms with van der Waals surface area (Å²) in [6.07, 6.45) is 1.08. The van der Waals surface area contributed by atoms with E-state index >= 15 is 0 Å². The highest BCUT2D eigenvalue weighted by Crippen LogP contribution is 2.19. The van der Waals surface area contributed by atoms with Crippen molar-refractivity contribution >= 4 is 5.91 Å². The minimum absolute atomic E-state index is 0.128. The first-order valence-electron chi connectivity index (χ1n) is 8.16. The van der Waals surface area contributed by atoms with Crippen molar-refractivity contribution in [1.82, 2.24) is 20.0 Å². The molecule has 5 nitrogen and oxygen atoms in total. The third-order valence-electron chi connectivity index (χ3n) is 4.43. The van der Waals surface area contributed by atoms with E-state index in [1.54, 1.807) is 0 Å². The van der Waals surface area contributed by atoms with Crippen molar-refractivity contribution in [1.29, 1.82) is 0 Å². The van der Waals surface area contributed by atoms with Crippen molar-refractivity contribution in [3.05, 3.63) is 47.3 Å². The molecule has 0 bridgehead atoms. The topological polar surface area (TPSA) is 50.2 Å². The van der Waals surface area contributed by atoms with Gasteiger partial charge in [0, 0.05) is 24.3 Å². The molecule has 122 valence electrons. The first-order valence-corrected chi connectivity index (χ1v) is 8.16. The zero-order valence-corrected chi connectivity index (χ0v) is 14.0. The molecular formula is C18H24N4O. The highest BCUT2D eigenvalue weighted by atomic mass is 16.2. The number of amides is 1. The number of nitrogens with zero attached hydrogens (tertiary/aromatic N) is 3. The van der Waals surface area contributed by atoms with E-state index in [0.717, 1.165) is 48.7 Å². The molecule has 1 fully saturated rings. The average Bonchev–Trinajstić information content (AvgIpc) is 3.14. The summed E-state index contributed by atoms with van der Waals surface area (Å²) in [5.74, 6) is 0.696. The average molecular weight is 312 g/mol. The van der Waals surface area contributed by atoms with Crippen LogP contribution in [0.4, 0.5) is 0 Å². The molecule has 1 aliphatic rings. The summed E-state index contributed by atoms with van der Waals surface area (Å²) in [6.45, 7) is 6.69. The molecule has 0 radical (unpaired) electrons. The summed E-state index contributed by atoms with van der Waals surface area (Å²) in [5.41, 5.74) is 3.83. The van der Waals surface area contributed by atoms with Crippen molar-refractivity contribution in [2.75, 3.05) is 26.7 Å². The van der Waals surface area contributed by atoms with Gasteiger partial charge < -0.3 is 10.2 Å². The first-order chi connectivity index (χ1) is 11.1. The molecule has 0 spiro atoms. The summed E-state index contributed by atoms with van der Waals surface area (Å²) in [7, 11) is 1.96. The summed E-state index contributed by atoms with van der Waals surface area (Å²) < 4.78 is 1.91. The van der Waals surface area contributed by atoms with Crippen LogP contribution in [0.1, 0.15) is 28.2 Å². The molecule has 1 atom stereocenters. The van der Waals surface area contributed by atoms with Gasteiger partial charge in [0.25, 0.3) is 5.91 Å². The van der Waals surface area contributed by atoms with E-state index in [1.165, 1.54) is 0 Å². The number of rotatable bonds is 4. The van der Waals surface area contributed by atoms with Gasteiger partial charge >= 0.3 is 0 Å². The molecule has 1 amide bonds. The van der Waals surface area contributed by atoms with E-state index in [0.29, 0.717) is 5.92 Å². The van der Waals surface area contributed by atoms with Crippen molar-refractivity contribution in [2.45, 2.75) is 20.3 Å². The van der Waals surface area contributed by atoms with Gasteiger partial charge in [-0.05, 0) is 70.1 Å². The molecular weight excluding hydrogens is 288 g/mol. The minimum Gasteiger partial charge on any atom is -0.338 e. The van der Waals surface area contributed by atoms with Crippen LogP contribution < -0.4 is 5.32 Å². The standard InChI is InChI=1S/C18H24N4O/c1-13-10-14(2)22(20-13)17-6-4-16(5-7-17)18(23)21-9-8-15(12-21)11-19-3/h4-7,10,15,19H,8-9,11-12H2,1-3H3/t15-/m0/s1. The zero-order chi connectivity index (χ0) is 16.4. The molecule has 0 unspecified atom stereocenters. The van der Waals surface area contributed by atoms with Crippen LogP contribution in [0.5, 0.6) is 0 Å². The Labute approximate surface area is 137 Å². The third kappa shape index (κ3) is 3.29.